The van der Waals surface area contributed by atoms with Crippen LogP contribution >= 0.6 is 23.1 Å². The number of carbonyl (C=O) groups excluding carboxylic acids is 3. The highest BCUT2D eigenvalue weighted by Crippen LogP contribution is 2.31. The Morgan fingerprint density at radius 3 is 2.53 bits per heavy atom. The van der Waals surface area contributed by atoms with E-state index in [2.05, 4.69) is 48.8 Å². The predicted molar refractivity (Wildman–Crippen MR) is 181 cm³/mol. The molecule has 1 amide bonds. The molecule has 1 aliphatic carbocycles. The highest BCUT2D eigenvalue weighted by molar-refractivity contribution is 7.99. The van der Waals surface area contributed by atoms with E-state index in [1.807, 2.05) is 18.7 Å². The number of ketones is 2. The average Bonchev–Trinajstić information content (AvgIpc) is 3.41. The van der Waals surface area contributed by atoms with E-state index in [9.17, 15) is 14.4 Å². The van der Waals surface area contributed by atoms with E-state index in [0.717, 1.165) is 71.9 Å². The number of hydrogen-bond donors (Lipinski definition) is 1. The molecule has 2 aromatic rings. The SMILES string of the molecule is C=C(CN1CCSCC1)C(=O)CC[C@@H](NC(=O)[C@@H](CC(=O)CCC)Cc1nc2ccc(C(C)C)cc2s1)C1CCCCC1. The highest BCUT2D eigenvalue weighted by Gasteiger charge is 2.30. The van der Waals surface area contributed by atoms with Crippen molar-refractivity contribution in [3.05, 3.63) is 40.9 Å². The van der Waals surface area contributed by atoms with Gasteiger partial charge in [0.15, 0.2) is 5.78 Å². The number of thioether (sulfide) groups is 1. The standard InChI is InChI=1S/C35H51N3O3S2/c1-5-9-29(39)20-28(22-34-36-31-13-12-27(24(2)3)21-33(31)43-34)35(41)37-30(26-10-7-6-8-11-26)14-15-32(40)25(4)23-38-16-18-42-19-17-38/h12-13,21,24,26,28,30H,4-11,14-20,22-23H2,1-3H3,(H,37,41)/t28-,30+/m0/s1. The molecule has 2 atom stereocenters. The van der Waals surface area contributed by atoms with E-state index in [1.165, 1.54) is 12.0 Å². The third-order valence-electron chi connectivity index (χ3n) is 9.06. The maximum Gasteiger partial charge on any atom is 0.224 e. The van der Waals surface area contributed by atoms with Gasteiger partial charge in [-0.15, -0.1) is 11.3 Å². The normalized spacial score (nSPS) is 18.0. The summed E-state index contributed by atoms with van der Waals surface area (Å²) < 4.78 is 1.13. The molecule has 4 rings (SSSR count). The Balaban J connectivity index is 1.45. The van der Waals surface area contributed by atoms with Gasteiger partial charge in [-0.3, -0.25) is 19.3 Å². The molecule has 0 spiro atoms. The van der Waals surface area contributed by atoms with E-state index >= 15 is 0 Å². The van der Waals surface area contributed by atoms with Crippen LogP contribution in [0.1, 0.15) is 101 Å². The maximum absolute atomic E-state index is 13.9. The summed E-state index contributed by atoms with van der Waals surface area (Å²) in [5.74, 6) is 2.72. The molecular formula is C35H51N3O3S2. The summed E-state index contributed by atoms with van der Waals surface area (Å²) in [5, 5.41) is 4.28. The fourth-order valence-electron chi connectivity index (χ4n) is 6.40. The Morgan fingerprint density at radius 2 is 1.84 bits per heavy atom. The first-order valence-corrected chi connectivity index (χ1v) is 18.4. The van der Waals surface area contributed by atoms with Crippen molar-refractivity contribution in [1.29, 1.82) is 0 Å². The molecule has 1 aliphatic heterocycles. The van der Waals surface area contributed by atoms with Crippen molar-refractivity contribution in [2.75, 3.05) is 31.1 Å². The van der Waals surface area contributed by atoms with Crippen molar-refractivity contribution in [1.82, 2.24) is 15.2 Å². The second-order valence-electron chi connectivity index (χ2n) is 12.9. The number of hydrogen-bond acceptors (Lipinski definition) is 7. The van der Waals surface area contributed by atoms with Gasteiger partial charge < -0.3 is 5.32 Å². The lowest BCUT2D eigenvalue weighted by atomic mass is 9.81. The molecule has 0 radical (unpaired) electrons. The van der Waals surface area contributed by atoms with Gasteiger partial charge in [0.2, 0.25) is 5.91 Å². The summed E-state index contributed by atoms with van der Waals surface area (Å²) in [6, 6.07) is 6.33. The molecule has 2 heterocycles. The summed E-state index contributed by atoms with van der Waals surface area (Å²) in [4.78, 5) is 47.1. The molecule has 1 N–H and O–H groups in total. The van der Waals surface area contributed by atoms with Crippen LogP contribution in [0.15, 0.2) is 30.4 Å². The van der Waals surface area contributed by atoms with E-state index in [4.69, 9.17) is 4.98 Å². The van der Waals surface area contributed by atoms with Crippen LogP contribution in [-0.4, -0.2) is 64.5 Å². The largest absolute Gasteiger partial charge is 0.353 e. The van der Waals surface area contributed by atoms with Gasteiger partial charge in [0.25, 0.3) is 0 Å². The summed E-state index contributed by atoms with van der Waals surface area (Å²) in [7, 11) is 0. The molecule has 0 bridgehead atoms. The van der Waals surface area contributed by atoms with Crippen LogP contribution in [0.4, 0.5) is 0 Å². The zero-order valence-corrected chi connectivity index (χ0v) is 28.1. The smallest absolute Gasteiger partial charge is 0.224 e. The van der Waals surface area contributed by atoms with Gasteiger partial charge in [0.1, 0.15) is 5.78 Å². The molecule has 6 nitrogen and oxygen atoms in total. The molecule has 1 saturated carbocycles. The molecule has 0 unspecified atom stereocenters. The van der Waals surface area contributed by atoms with Crippen molar-refractivity contribution in [2.24, 2.45) is 11.8 Å². The highest BCUT2D eigenvalue weighted by atomic mass is 32.2. The fourth-order valence-corrected chi connectivity index (χ4v) is 8.48. The first-order chi connectivity index (χ1) is 20.7. The Labute approximate surface area is 266 Å². The minimum atomic E-state index is -0.460. The summed E-state index contributed by atoms with van der Waals surface area (Å²) in [6.45, 7) is 13.1. The van der Waals surface area contributed by atoms with Gasteiger partial charge in [0.05, 0.1) is 21.1 Å². The molecule has 1 aromatic carbocycles. The Bertz CT molecular complexity index is 1240. The van der Waals surface area contributed by atoms with E-state index in [0.29, 0.717) is 49.6 Å². The van der Waals surface area contributed by atoms with E-state index < -0.39 is 5.92 Å². The lowest BCUT2D eigenvalue weighted by Crippen LogP contribution is -2.45. The Hall–Kier alpha value is -2.03. The lowest BCUT2D eigenvalue weighted by molar-refractivity contribution is -0.130. The van der Waals surface area contributed by atoms with Crippen LogP contribution in [-0.2, 0) is 20.8 Å². The van der Waals surface area contributed by atoms with E-state index in [1.54, 1.807) is 11.3 Å². The number of nitrogens with one attached hydrogen (secondary N) is 1. The molecule has 2 aliphatic rings. The molecule has 1 aromatic heterocycles. The molecule has 43 heavy (non-hydrogen) atoms. The van der Waals surface area contributed by atoms with Gasteiger partial charge in [-0.2, -0.15) is 11.8 Å². The first-order valence-electron chi connectivity index (χ1n) is 16.5. The number of fused-ring (bicyclic) bond motifs is 1. The van der Waals surface area contributed by atoms with Crippen LogP contribution in [0.2, 0.25) is 0 Å². The minimum Gasteiger partial charge on any atom is -0.353 e. The monoisotopic (exact) mass is 625 g/mol. The summed E-state index contributed by atoms with van der Waals surface area (Å²) in [6.07, 6.45) is 8.66. The van der Waals surface area contributed by atoms with Crippen molar-refractivity contribution in [3.63, 3.8) is 0 Å². The number of Topliss-reactive ketones (excluding diaryl/α,β-unsaturated/α-hetero) is 2. The van der Waals surface area contributed by atoms with E-state index in [-0.39, 0.29) is 29.9 Å². The topological polar surface area (TPSA) is 79.4 Å². The maximum atomic E-state index is 13.9. The third kappa shape index (κ3) is 10.3. The van der Waals surface area contributed by atoms with Crippen LogP contribution in [0.3, 0.4) is 0 Å². The number of benzene rings is 1. The number of amides is 1. The molecule has 1 saturated heterocycles. The minimum absolute atomic E-state index is 0.0660. The van der Waals surface area contributed by atoms with Gasteiger partial charge in [-0.1, -0.05) is 52.7 Å². The zero-order valence-electron chi connectivity index (χ0n) is 26.5. The van der Waals surface area contributed by atoms with Gasteiger partial charge in [0, 0.05) is 68.4 Å². The van der Waals surface area contributed by atoms with Crippen molar-refractivity contribution in [2.45, 2.75) is 103 Å². The quantitative estimate of drug-likeness (QED) is 0.197. The van der Waals surface area contributed by atoms with Gasteiger partial charge in [-0.05, 0) is 55.2 Å². The van der Waals surface area contributed by atoms with Crippen molar-refractivity contribution in [3.8, 4) is 0 Å². The zero-order chi connectivity index (χ0) is 30.8. The summed E-state index contributed by atoms with van der Waals surface area (Å²) in [5.41, 5.74) is 2.91. The van der Waals surface area contributed by atoms with Crippen molar-refractivity contribution >= 4 is 50.8 Å². The molecule has 236 valence electrons. The molecule has 2 fully saturated rings. The van der Waals surface area contributed by atoms with Crippen molar-refractivity contribution < 1.29 is 14.4 Å². The molecule has 8 heteroatoms. The third-order valence-corrected chi connectivity index (χ3v) is 11.0. The lowest BCUT2D eigenvalue weighted by Gasteiger charge is -2.32. The van der Waals surface area contributed by atoms with Crippen LogP contribution in [0.5, 0.6) is 0 Å². The van der Waals surface area contributed by atoms with Gasteiger partial charge >= 0.3 is 0 Å². The molecular weight excluding hydrogens is 575 g/mol. The van der Waals surface area contributed by atoms with Crippen LogP contribution in [0, 0.1) is 11.8 Å². The van der Waals surface area contributed by atoms with Crippen LogP contribution < -0.4 is 5.32 Å². The Kier molecular flexibility index (Phi) is 13.3. The van der Waals surface area contributed by atoms with Crippen LogP contribution in [0.25, 0.3) is 10.2 Å². The predicted octanol–water partition coefficient (Wildman–Crippen LogP) is 7.36. The second-order valence-corrected chi connectivity index (χ2v) is 15.2. The number of carbonyl (C=O) groups is 3. The number of thiazole rings is 1. The first kappa shape index (κ1) is 33.9. The summed E-state index contributed by atoms with van der Waals surface area (Å²) >= 11 is 3.59. The number of aromatic nitrogens is 1. The van der Waals surface area contributed by atoms with Gasteiger partial charge in [-0.25, -0.2) is 4.98 Å². The average molecular weight is 626 g/mol. The number of nitrogens with zero attached hydrogens (tertiary/aromatic N) is 2. The fraction of sp³-hybridized carbons (Fsp3) is 0.657. The number of rotatable bonds is 16. The Morgan fingerprint density at radius 1 is 1.09 bits per heavy atom. The second kappa shape index (κ2) is 16.9.